The molecule has 0 unspecified atom stereocenters. The molecule has 2 aromatic carbocycles. The number of ether oxygens (including phenoxy) is 2. The summed E-state index contributed by atoms with van der Waals surface area (Å²) < 4.78 is 52.0. The average Bonchev–Trinajstić information content (AvgIpc) is 3.19. The average molecular weight is 613 g/mol. The molecule has 0 spiro atoms. The van der Waals surface area contributed by atoms with Crippen LogP contribution in [0.15, 0.2) is 42.6 Å². The SMILES string of the molecule is COc1ccc(C(C)(C)CC(=O)O)cc1-c1cnc(N2CCC2)nc1CN1C(=O)O[C@H](c2cc(C)cc(C(F)(F)F)c2)[C@@H]1C. The van der Waals surface area contributed by atoms with Gasteiger partial charge in [-0.1, -0.05) is 31.5 Å². The number of methoxy groups -OCH3 is 1. The van der Waals surface area contributed by atoms with Gasteiger partial charge in [0.15, 0.2) is 0 Å². The number of alkyl halides is 3. The summed E-state index contributed by atoms with van der Waals surface area (Å²) in [6.45, 7) is 8.57. The lowest BCUT2D eigenvalue weighted by atomic mass is 9.80. The van der Waals surface area contributed by atoms with Crippen molar-refractivity contribution in [1.82, 2.24) is 14.9 Å². The highest BCUT2D eigenvalue weighted by Gasteiger charge is 2.42. The third-order valence-electron chi connectivity index (χ3n) is 8.33. The number of amides is 1. The molecule has 44 heavy (non-hydrogen) atoms. The molecule has 3 heterocycles. The molecule has 1 N–H and O–H groups in total. The van der Waals surface area contributed by atoms with E-state index in [-0.39, 0.29) is 18.5 Å². The number of rotatable bonds is 9. The topological polar surface area (TPSA) is 105 Å². The molecule has 0 radical (unpaired) electrons. The third kappa shape index (κ3) is 6.15. The van der Waals surface area contributed by atoms with Crippen LogP contribution >= 0.6 is 0 Å². The van der Waals surface area contributed by atoms with Crippen molar-refractivity contribution in [3.63, 3.8) is 0 Å². The highest BCUT2D eigenvalue weighted by Crippen LogP contribution is 2.41. The summed E-state index contributed by atoms with van der Waals surface area (Å²) in [5.74, 6) is 0.0831. The second-order valence-electron chi connectivity index (χ2n) is 12.0. The molecule has 0 bridgehead atoms. The standard InChI is InChI=1S/C32H35F3N4O5/c1-18-11-20(13-22(12-18)32(33,34)35)28-19(2)39(30(42)44-28)17-25-24(16-36-29(37-25)38-9-6-10-38)23-14-21(7-8-26(23)43-5)31(3,4)15-27(40)41/h7-8,11-14,16,19,28H,6,9-10,15,17H2,1-5H3,(H,40,41)/t19-,28-/m0/s1. The fraction of sp³-hybridized carbons (Fsp3) is 0.438. The van der Waals surface area contributed by atoms with Gasteiger partial charge >= 0.3 is 18.2 Å². The Hall–Kier alpha value is -4.35. The number of cyclic esters (lactones) is 1. The molecule has 234 valence electrons. The van der Waals surface area contributed by atoms with Crippen LogP contribution < -0.4 is 9.64 Å². The van der Waals surface area contributed by atoms with Crippen molar-refractivity contribution < 1.29 is 37.3 Å². The van der Waals surface area contributed by atoms with Crippen molar-refractivity contribution in [2.24, 2.45) is 0 Å². The van der Waals surface area contributed by atoms with Crippen LogP contribution in [0, 0.1) is 6.92 Å². The summed E-state index contributed by atoms with van der Waals surface area (Å²) in [6, 6.07) is 8.52. The lowest BCUT2D eigenvalue weighted by Crippen LogP contribution is -2.39. The predicted molar refractivity (Wildman–Crippen MR) is 157 cm³/mol. The minimum atomic E-state index is -4.54. The van der Waals surface area contributed by atoms with Crippen LogP contribution in [0.25, 0.3) is 11.1 Å². The van der Waals surface area contributed by atoms with Crippen molar-refractivity contribution in [3.8, 4) is 16.9 Å². The molecule has 1 amide bonds. The van der Waals surface area contributed by atoms with Crippen LogP contribution in [-0.4, -0.2) is 58.3 Å². The molecular weight excluding hydrogens is 577 g/mol. The molecular formula is C32H35F3N4O5. The molecule has 9 nitrogen and oxygen atoms in total. The van der Waals surface area contributed by atoms with Gasteiger partial charge in [0.1, 0.15) is 11.9 Å². The van der Waals surface area contributed by atoms with Crippen LogP contribution in [0.5, 0.6) is 5.75 Å². The second kappa shape index (κ2) is 11.6. The molecule has 1 aromatic heterocycles. The molecule has 5 rings (SSSR count). The van der Waals surface area contributed by atoms with Crippen LogP contribution in [0.1, 0.15) is 67.7 Å². The first-order valence-corrected chi connectivity index (χ1v) is 14.4. The number of benzene rings is 2. The van der Waals surface area contributed by atoms with Crippen molar-refractivity contribution in [1.29, 1.82) is 0 Å². The van der Waals surface area contributed by atoms with Crippen molar-refractivity contribution in [2.45, 2.75) is 70.8 Å². The summed E-state index contributed by atoms with van der Waals surface area (Å²) >= 11 is 0. The normalized spacial score (nSPS) is 18.7. The number of hydrogen-bond donors (Lipinski definition) is 1. The number of aliphatic carboxylic acids is 1. The molecule has 0 aliphatic carbocycles. The van der Waals surface area contributed by atoms with E-state index in [1.165, 1.54) is 12.0 Å². The fourth-order valence-electron chi connectivity index (χ4n) is 5.70. The van der Waals surface area contributed by atoms with E-state index in [0.29, 0.717) is 34.1 Å². The maximum absolute atomic E-state index is 13.6. The van der Waals surface area contributed by atoms with Gasteiger partial charge in [-0.3, -0.25) is 9.69 Å². The molecule has 3 aromatic rings. The highest BCUT2D eigenvalue weighted by molar-refractivity contribution is 5.76. The number of aromatic nitrogens is 2. The largest absolute Gasteiger partial charge is 0.496 e. The van der Waals surface area contributed by atoms with Crippen LogP contribution in [0.2, 0.25) is 0 Å². The van der Waals surface area contributed by atoms with E-state index < -0.39 is 41.4 Å². The van der Waals surface area contributed by atoms with Gasteiger partial charge in [-0.2, -0.15) is 13.2 Å². The van der Waals surface area contributed by atoms with Gasteiger partial charge in [-0.15, -0.1) is 0 Å². The predicted octanol–water partition coefficient (Wildman–Crippen LogP) is 6.52. The van der Waals surface area contributed by atoms with Crippen molar-refractivity contribution in [3.05, 3.63) is 70.5 Å². The van der Waals surface area contributed by atoms with Gasteiger partial charge in [0.2, 0.25) is 5.95 Å². The summed E-state index contributed by atoms with van der Waals surface area (Å²) in [4.78, 5) is 37.7. The van der Waals surface area contributed by atoms with Crippen LogP contribution in [0.3, 0.4) is 0 Å². The van der Waals surface area contributed by atoms with Crippen LogP contribution in [0.4, 0.5) is 23.9 Å². The monoisotopic (exact) mass is 612 g/mol. The van der Waals surface area contributed by atoms with Gasteiger partial charge in [0.05, 0.1) is 37.4 Å². The lowest BCUT2D eigenvalue weighted by Gasteiger charge is -2.31. The number of aryl methyl sites for hydroxylation is 1. The highest BCUT2D eigenvalue weighted by atomic mass is 19.4. The van der Waals surface area contributed by atoms with E-state index in [4.69, 9.17) is 14.5 Å². The summed E-state index contributed by atoms with van der Waals surface area (Å²) in [5.41, 5.74) is 1.64. The minimum Gasteiger partial charge on any atom is -0.496 e. The number of halogens is 3. The Bertz CT molecular complexity index is 1590. The Labute approximate surface area is 253 Å². The Morgan fingerprint density at radius 2 is 1.84 bits per heavy atom. The maximum atomic E-state index is 13.6. The summed E-state index contributed by atoms with van der Waals surface area (Å²) in [7, 11) is 1.53. The Morgan fingerprint density at radius 3 is 2.45 bits per heavy atom. The molecule has 2 aliphatic heterocycles. The fourth-order valence-corrected chi connectivity index (χ4v) is 5.70. The Morgan fingerprint density at radius 1 is 1.11 bits per heavy atom. The second-order valence-corrected chi connectivity index (χ2v) is 12.0. The minimum absolute atomic E-state index is 0.000955. The molecule has 0 saturated carbocycles. The van der Waals surface area contributed by atoms with E-state index in [1.807, 2.05) is 30.9 Å². The Kier molecular flexibility index (Phi) is 8.21. The van der Waals surface area contributed by atoms with Gasteiger partial charge in [0, 0.05) is 35.8 Å². The number of nitrogens with zero attached hydrogens (tertiary/aromatic N) is 4. The molecule has 2 fully saturated rings. The zero-order chi connectivity index (χ0) is 32.0. The zero-order valence-corrected chi connectivity index (χ0v) is 25.2. The van der Waals surface area contributed by atoms with Gasteiger partial charge in [-0.25, -0.2) is 14.8 Å². The van der Waals surface area contributed by atoms with Gasteiger partial charge < -0.3 is 19.5 Å². The summed E-state index contributed by atoms with van der Waals surface area (Å²) in [5, 5.41) is 9.48. The number of carbonyl (C=O) groups is 2. The quantitative estimate of drug-likeness (QED) is 0.291. The zero-order valence-electron chi connectivity index (χ0n) is 25.2. The number of carboxylic acids is 1. The smallest absolute Gasteiger partial charge is 0.416 e. The van der Waals surface area contributed by atoms with E-state index >= 15 is 0 Å². The lowest BCUT2D eigenvalue weighted by molar-refractivity contribution is -0.138. The first-order valence-electron chi connectivity index (χ1n) is 14.4. The summed E-state index contributed by atoms with van der Waals surface area (Å²) in [6.07, 6.45) is -3.55. The first kappa shape index (κ1) is 31.1. The molecule has 2 atom stereocenters. The molecule has 12 heteroatoms. The van der Waals surface area contributed by atoms with E-state index in [1.54, 1.807) is 32.2 Å². The number of anilines is 1. The van der Waals surface area contributed by atoms with Gasteiger partial charge in [-0.05, 0) is 55.7 Å². The van der Waals surface area contributed by atoms with E-state index in [2.05, 4.69) is 4.98 Å². The first-order chi connectivity index (χ1) is 20.7. The molecule has 2 aliphatic rings. The van der Waals surface area contributed by atoms with Crippen LogP contribution in [-0.2, 0) is 27.7 Å². The third-order valence-corrected chi connectivity index (χ3v) is 8.33. The molecule has 2 saturated heterocycles. The van der Waals surface area contributed by atoms with Crippen molar-refractivity contribution in [2.75, 3.05) is 25.1 Å². The number of carbonyl (C=O) groups excluding carboxylic acids is 1. The van der Waals surface area contributed by atoms with E-state index in [0.717, 1.165) is 37.2 Å². The van der Waals surface area contributed by atoms with Gasteiger partial charge in [0.25, 0.3) is 0 Å². The van der Waals surface area contributed by atoms with Crippen molar-refractivity contribution >= 4 is 18.0 Å². The number of carboxylic acid groups (broad SMARTS) is 1. The van der Waals surface area contributed by atoms with E-state index in [9.17, 15) is 27.9 Å². The number of hydrogen-bond acceptors (Lipinski definition) is 7. The maximum Gasteiger partial charge on any atom is 0.416 e. The Balaban J connectivity index is 1.55.